The van der Waals surface area contributed by atoms with Crippen molar-refractivity contribution >= 4 is 5.97 Å². The molecule has 0 N–H and O–H groups in total. The van der Waals surface area contributed by atoms with E-state index < -0.39 is 0 Å². The molecule has 1 atom stereocenters. The van der Waals surface area contributed by atoms with Gasteiger partial charge in [-0.25, -0.2) is 0 Å². The van der Waals surface area contributed by atoms with E-state index in [-0.39, 0.29) is 12.0 Å². The van der Waals surface area contributed by atoms with E-state index in [0.717, 1.165) is 25.9 Å². The third-order valence-corrected chi connectivity index (χ3v) is 3.43. The van der Waals surface area contributed by atoms with Crippen molar-refractivity contribution in [2.75, 3.05) is 13.2 Å². The molecule has 1 aromatic rings. The number of benzene rings is 1. The molecule has 1 heterocycles. The first-order valence-corrected chi connectivity index (χ1v) is 6.67. The fourth-order valence-corrected chi connectivity index (χ4v) is 2.45. The van der Waals surface area contributed by atoms with Crippen molar-refractivity contribution in [3.05, 3.63) is 35.4 Å². The third kappa shape index (κ3) is 3.10. The summed E-state index contributed by atoms with van der Waals surface area (Å²) in [7, 11) is 0. The van der Waals surface area contributed by atoms with Gasteiger partial charge in [-0.15, -0.1) is 0 Å². The first-order chi connectivity index (χ1) is 8.70. The molecule has 1 aromatic carbocycles. The Bertz CT molecular complexity index is 399. The summed E-state index contributed by atoms with van der Waals surface area (Å²) in [6, 6.07) is 8.45. The molecule has 1 aliphatic rings. The number of rotatable bonds is 4. The molecule has 18 heavy (non-hydrogen) atoms. The second kappa shape index (κ2) is 6.01. The van der Waals surface area contributed by atoms with Crippen LogP contribution in [-0.2, 0) is 16.1 Å². The van der Waals surface area contributed by atoms with Gasteiger partial charge in [0.1, 0.15) is 6.04 Å². The van der Waals surface area contributed by atoms with E-state index in [0.29, 0.717) is 6.61 Å². The third-order valence-electron chi connectivity index (χ3n) is 3.43. The van der Waals surface area contributed by atoms with Crippen molar-refractivity contribution in [1.82, 2.24) is 4.90 Å². The minimum Gasteiger partial charge on any atom is -0.465 e. The fourth-order valence-electron chi connectivity index (χ4n) is 2.45. The molecule has 0 spiro atoms. The van der Waals surface area contributed by atoms with Gasteiger partial charge in [0.25, 0.3) is 0 Å². The van der Waals surface area contributed by atoms with Gasteiger partial charge in [0.2, 0.25) is 0 Å². The first kappa shape index (κ1) is 13.1. The van der Waals surface area contributed by atoms with E-state index in [1.54, 1.807) is 0 Å². The molecule has 0 amide bonds. The molecule has 3 nitrogen and oxygen atoms in total. The van der Waals surface area contributed by atoms with Crippen molar-refractivity contribution in [2.45, 2.75) is 39.3 Å². The van der Waals surface area contributed by atoms with Crippen LogP contribution < -0.4 is 0 Å². The van der Waals surface area contributed by atoms with E-state index in [1.807, 2.05) is 6.92 Å². The zero-order valence-corrected chi connectivity index (χ0v) is 11.2. The topological polar surface area (TPSA) is 29.5 Å². The Morgan fingerprint density at radius 1 is 1.39 bits per heavy atom. The molecule has 0 saturated carbocycles. The van der Waals surface area contributed by atoms with Crippen LogP contribution in [-0.4, -0.2) is 30.1 Å². The molecule has 0 bridgehead atoms. The van der Waals surface area contributed by atoms with Crippen LogP contribution in [0, 0.1) is 6.92 Å². The maximum atomic E-state index is 11.8. The van der Waals surface area contributed by atoms with Gasteiger partial charge in [-0.05, 0) is 38.8 Å². The molecule has 1 saturated heterocycles. The molecule has 98 valence electrons. The summed E-state index contributed by atoms with van der Waals surface area (Å²) in [5.41, 5.74) is 2.53. The second-order valence-corrected chi connectivity index (χ2v) is 4.87. The summed E-state index contributed by atoms with van der Waals surface area (Å²) >= 11 is 0. The predicted octanol–water partition coefficient (Wildman–Crippen LogP) is 2.52. The zero-order valence-electron chi connectivity index (χ0n) is 11.2. The summed E-state index contributed by atoms with van der Waals surface area (Å²) < 4.78 is 5.13. The van der Waals surface area contributed by atoms with Gasteiger partial charge >= 0.3 is 5.97 Å². The average molecular weight is 247 g/mol. The Kier molecular flexibility index (Phi) is 4.37. The normalized spacial score (nSPS) is 20.0. The number of esters is 1. The summed E-state index contributed by atoms with van der Waals surface area (Å²) in [6.45, 7) is 6.23. The summed E-state index contributed by atoms with van der Waals surface area (Å²) in [4.78, 5) is 14.1. The lowest BCUT2D eigenvalue weighted by Crippen LogP contribution is -2.36. The van der Waals surface area contributed by atoms with Crippen molar-refractivity contribution in [2.24, 2.45) is 0 Å². The molecule has 1 unspecified atom stereocenters. The number of aryl methyl sites for hydroxylation is 1. The largest absolute Gasteiger partial charge is 0.465 e. The van der Waals surface area contributed by atoms with E-state index >= 15 is 0 Å². The molecule has 3 heteroatoms. The smallest absolute Gasteiger partial charge is 0.323 e. The van der Waals surface area contributed by atoms with E-state index in [9.17, 15) is 4.79 Å². The van der Waals surface area contributed by atoms with Gasteiger partial charge in [0, 0.05) is 6.54 Å². The molecule has 1 aliphatic heterocycles. The SMILES string of the molecule is CCOC(=O)C1CCCN1Cc1ccc(C)cc1. The van der Waals surface area contributed by atoms with Crippen LogP contribution in [0.4, 0.5) is 0 Å². The van der Waals surface area contributed by atoms with Crippen LogP contribution >= 0.6 is 0 Å². The van der Waals surface area contributed by atoms with Crippen molar-refractivity contribution in [1.29, 1.82) is 0 Å². The number of hydrogen-bond donors (Lipinski definition) is 0. The van der Waals surface area contributed by atoms with Gasteiger partial charge in [0.05, 0.1) is 6.61 Å². The number of hydrogen-bond acceptors (Lipinski definition) is 3. The predicted molar refractivity (Wildman–Crippen MR) is 71.2 cm³/mol. The molecule has 0 aromatic heterocycles. The van der Waals surface area contributed by atoms with Gasteiger partial charge in [-0.1, -0.05) is 29.8 Å². The standard InChI is InChI=1S/C15H21NO2/c1-3-18-15(17)14-5-4-10-16(14)11-13-8-6-12(2)7-9-13/h6-9,14H,3-5,10-11H2,1-2H3. The Morgan fingerprint density at radius 2 is 2.11 bits per heavy atom. The summed E-state index contributed by atoms with van der Waals surface area (Å²) in [6.07, 6.45) is 2.00. The van der Waals surface area contributed by atoms with Crippen molar-refractivity contribution < 1.29 is 9.53 Å². The molecule has 0 aliphatic carbocycles. The van der Waals surface area contributed by atoms with Gasteiger partial charge < -0.3 is 4.74 Å². The van der Waals surface area contributed by atoms with Crippen LogP contribution in [0.1, 0.15) is 30.9 Å². The summed E-state index contributed by atoms with van der Waals surface area (Å²) in [5.74, 6) is -0.0675. The van der Waals surface area contributed by atoms with Crippen LogP contribution in [0.2, 0.25) is 0 Å². The first-order valence-electron chi connectivity index (χ1n) is 6.67. The highest BCUT2D eigenvalue weighted by Gasteiger charge is 2.31. The Labute approximate surface area is 109 Å². The van der Waals surface area contributed by atoms with Crippen molar-refractivity contribution in [3.8, 4) is 0 Å². The zero-order chi connectivity index (χ0) is 13.0. The minimum absolute atomic E-state index is 0.0498. The molecule has 2 rings (SSSR count). The number of ether oxygens (including phenoxy) is 1. The number of carbonyl (C=O) groups is 1. The van der Waals surface area contributed by atoms with Gasteiger partial charge in [-0.3, -0.25) is 9.69 Å². The molecular formula is C15H21NO2. The van der Waals surface area contributed by atoms with Crippen LogP contribution in [0.25, 0.3) is 0 Å². The van der Waals surface area contributed by atoms with Gasteiger partial charge in [0.15, 0.2) is 0 Å². The Hall–Kier alpha value is -1.35. The Balaban J connectivity index is 1.99. The monoisotopic (exact) mass is 247 g/mol. The lowest BCUT2D eigenvalue weighted by Gasteiger charge is -2.22. The van der Waals surface area contributed by atoms with Gasteiger partial charge in [-0.2, -0.15) is 0 Å². The fraction of sp³-hybridized carbons (Fsp3) is 0.533. The maximum absolute atomic E-state index is 11.8. The lowest BCUT2D eigenvalue weighted by molar-refractivity contribution is -0.148. The highest BCUT2D eigenvalue weighted by atomic mass is 16.5. The van der Waals surface area contributed by atoms with Crippen LogP contribution in [0.15, 0.2) is 24.3 Å². The minimum atomic E-state index is -0.0675. The number of nitrogens with zero attached hydrogens (tertiary/aromatic N) is 1. The highest BCUT2D eigenvalue weighted by Crippen LogP contribution is 2.21. The van der Waals surface area contributed by atoms with E-state index in [2.05, 4.69) is 36.1 Å². The molecular weight excluding hydrogens is 226 g/mol. The second-order valence-electron chi connectivity index (χ2n) is 4.87. The quantitative estimate of drug-likeness (QED) is 0.766. The Morgan fingerprint density at radius 3 is 2.78 bits per heavy atom. The summed E-state index contributed by atoms with van der Waals surface area (Å²) in [5, 5.41) is 0. The van der Waals surface area contributed by atoms with Crippen LogP contribution in [0.5, 0.6) is 0 Å². The van der Waals surface area contributed by atoms with Crippen molar-refractivity contribution in [3.63, 3.8) is 0 Å². The number of likely N-dealkylation sites (tertiary alicyclic amines) is 1. The average Bonchev–Trinajstić information content (AvgIpc) is 2.81. The van der Waals surface area contributed by atoms with E-state index in [4.69, 9.17) is 4.74 Å². The van der Waals surface area contributed by atoms with Crippen LogP contribution in [0.3, 0.4) is 0 Å². The lowest BCUT2D eigenvalue weighted by atomic mass is 10.1. The highest BCUT2D eigenvalue weighted by molar-refractivity contribution is 5.76. The molecule has 0 radical (unpaired) electrons. The maximum Gasteiger partial charge on any atom is 0.323 e. The van der Waals surface area contributed by atoms with E-state index in [1.165, 1.54) is 11.1 Å². The molecule has 1 fully saturated rings. The number of carbonyl (C=O) groups excluding carboxylic acids is 1.